The van der Waals surface area contributed by atoms with Gasteiger partial charge in [0.1, 0.15) is 12.3 Å². The molecule has 0 aliphatic carbocycles. The Hall–Kier alpha value is -2.04. The third-order valence-electron chi connectivity index (χ3n) is 2.80. The van der Waals surface area contributed by atoms with Crippen LogP contribution in [0.2, 0.25) is 0 Å². The molecule has 1 aromatic carbocycles. The largest absolute Gasteiger partial charge is 0.491 e. The predicted molar refractivity (Wildman–Crippen MR) is 80.4 cm³/mol. The Labute approximate surface area is 125 Å². The normalized spacial score (nSPS) is 10.3. The van der Waals surface area contributed by atoms with Gasteiger partial charge in [0.05, 0.1) is 13.2 Å². The molecular formula is C16H23NO4. The van der Waals surface area contributed by atoms with Crippen molar-refractivity contribution in [3.05, 3.63) is 29.8 Å². The second-order valence-electron chi connectivity index (χ2n) is 4.99. The zero-order valence-electron chi connectivity index (χ0n) is 13.1. The van der Waals surface area contributed by atoms with Crippen molar-refractivity contribution >= 4 is 11.9 Å². The number of hydrogen-bond acceptors (Lipinski definition) is 4. The average Bonchev–Trinajstić information content (AvgIpc) is 2.46. The summed E-state index contributed by atoms with van der Waals surface area (Å²) in [6, 6.07) is 6.94. The number of ether oxygens (including phenoxy) is 2. The summed E-state index contributed by atoms with van der Waals surface area (Å²) in [5.74, 6) is 0.117. The van der Waals surface area contributed by atoms with Crippen molar-refractivity contribution in [1.29, 1.82) is 0 Å². The van der Waals surface area contributed by atoms with Crippen molar-refractivity contribution in [2.45, 2.75) is 33.3 Å². The molecule has 0 saturated heterocycles. The number of amides is 1. The molecule has 1 aromatic rings. The lowest BCUT2D eigenvalue weighted by Crippen LogP contribution is -2.36. The molecule has 0 aliphatic heterocycles. The van der Waals surface area contributed by atoms with E-state index in [0.29, 0.717) is 12.1 Å². The lowest BCUT2D eigenvalue weighted by atomic mass is 10.2. The molecule has 1 amide bonds. The second-order valence-corrected chi connectivity index (χ2v) is 4.99. The van der Waals surface area contributed by atoms with Crippen molar-refractivity contribution in [2.75, 3.05) is 20.2 Å². The van der Waals surface area contributed by atoms with E-state index >= 15 is 0 Å². The maximum atomic E-state index is 12.4. The van der Waals surface area contributed by atoms with E-state index in [9.17, 15) is 9.59 Å². The first-order chi connectivity index (χ1) is 9.97. The van der Waals surface area contributed by atoms with Crippen LogP contribution in [0.15, 0.2) is 24.3 Å². The minimum Gasteiger partial charge on any atom is -0.491 e. The van der Waals surface area contributed by atoms with Gasteiger partial charge in [-0.05, 0) is 44.5 Å². The summed E-state index contributed by atoms with van der Waals surface area (Å²) >= 11 is 0. The third kappa shape index (κ3) is 5.45. The molecule has 0 saturated carbocycles. The van der Waals surface area contributed by atoms with Crippen LogP contribution >= 0.6 is 0 Å². The molecule has 0 radical (unpaired) electrons. The Morgan fingerprint density at radius 3 is 2.29 bits per heavy atom. The summed E-state index contributed by atoms with van der Waals surface area (Å²) in [7, 11) is 1.31. The molecule has 5 heteroatoms. The highest BCUT2D eigenvalue weighted by Gasteiger charge is 2.18. The van der Waals surface area contributed by atoms with Gasteiger partial charge in [-0.15, -0.1) is 0 Å². The van der Waals surface area contributed by atoms with Gasteiger partial charge in [-0.2, -0.15) is 0 Å². The second kappa shape index (κ2) is 8.29. The fourth-order valence-electron chi connectivity index (χ4n) is 1.87. The number of esters is 1. The first-order valence-corrected chi connectivity index (χ1v) is 7.10. The lowest BCUT2D eigenvalue weighted by molar-refractivity contribution is -0.141. The van der Waals surface area contributed by atoms with E-state index in [0.717, 1.165) is 12.2 Å². The Kier molecular flexibility index (Phi) is 6.72. The summed E-state index contributed by atoms with van der Waals surface area (Å²) in [4.78, 5) is 25.3. The average molecular weight is 293 g/mol. The van der Waals surface area contributed by atoms with E-state index in [-0.39, 0.29) is 18.6 Å². The van der Waals surface area contributed by atoms with Gasteiger partial charge in [0, 0.05) is 12.1 Å². The fraction of sp³-hybridized carbons (Fsp3) is 0.500. The van der Waals surface area contributed by atoms with E-state index < -0.39 is 5.97 Å². The molecule has 0 bridgehead atoms. The van der Waals surface area contributed by atoms with Gasteiger partial charge in [0.2, 0.25) is 0 Å². The van der Waals surface area contributed by atoms with E-state index in [4.69, 9.17) is 4.74 Å². The Bertz CT molecular complexity index is 468. The van der Waals surface area contributed by atoms with Gasteiger partial charge in [-0.25, -0.2) is 0 Å². The fourth-order valence-corrected chi connectivity index (χ4v) is 1.87. The summed E-state index contributed by atoms with van der Waals surface area (Å²) in [5, 5.41) is 0. The van der Waals surface area contributed by atoms with Gasteiger partial charge in [0.15, 0.2) is 0 Å². The number of benzene rings is 1. The van der Waals surface area contributed by atoms with Crippen molar-refractivity contribution in [3.63, 3.8) is 0 Å². The molecule has 21 heavy (non-hydrogen) atoms. The van der Waals surface area contributed by atoms with Crippen LogP contribution in [0, 0.1) is 0 Å². The topological polar surface area (TPSA) is 55.8 Å². The Balaban J connectivity index is 2.80. The summed E-state index contributed by atoms with van der Waals surface area (Å²) in [6.45, 7) is 6.32. The summed E-state index contributed by atoms with van der Waals surface area (Å²) < 4.78 is 10.2. The molecule has 0 N–H and O–H groups in total. The first kappa shape index (κ1) is 17.0. The van der Waals surface area contributed by atoms with Crippen molar-refractivity contribution in [3.8, 4) is 5.75 Å². The molecule has 0 spiro atoms. The van der Waals surface area contributed by atoms with Crippen molar-refractivity contribution in [1.82, 2.24) is 4.90 Å². The molecule has 116 valence electrons. The van der Waals surface area contributed by atoms with E-state index in [1.165, 1.54) is 12.0 Å². The van der Waals surface area contributed by atoms with E-state index in [2.05, 4.69) is 4.74 Å². The highest BCUT2D eigenvalue weighted by Crippen LogP contribution is 2.15. The minimum atomic E-state index is -0.420. The number of methoxy groups -OCH3 is 1. The van der Waals surface area contributed by atoms with Crippen LogP contribution in [-0.4, -0.2) is 43.1 Å². The SMILES string of the molecule is CCCN(CC(=O)OC)C(=O)c1ccc(OC(C)C)cc1. The number of hydrogen-bond donors (Lipinski definition) is 0. The number of carbonyl (C=O) groups excluding carboxylic acids is 2. The molecule has 0 fully saturated rings. The molecule has 0 unspecified atom stereocenters. The first-order valence-electron chi connectivity index (χ1n) is 7.10. The van der Waals surface area contributed by atoms with Gasteiger partial charge in [0.25, 0.3) is 5.91 Å². The van der Waals surface area contributed by atoms with Gasteiger partial charge in [-0.3, -0.25) is 9.59 Å². The smallest absolute Gasteiger partial charge is 0.325 e. The highest BCUT2D eigenvalue weighted by atomic mass is 16.5. The van der Waals surface area contributed by atoms with Gasteiger partial charge in [-0.1, -0.05) is 6.92 Å². The molecule has 0 heterocycles. The molecule has 0 aliphatic rings. The Morgan fingerprint density at radius 2 is 1.81 bits per heavy atom. The molecular weight excluding hydrogens is 270 g/mol. The number of nitrogens with zero attached hydrogens (tertiary/aromatic N) is 1. The van der Waals surface area contributed by atoms with Crippen LogP contribution in [-0.2, 0) is 9.53 Å². The monoisotopic (exact) mass is 293 g/mol. The predicted octanol–water partition coefficient (Wildman–Crippen LogP) is 2.50. The van der Waals surface area contributed by atoms with Gasteiger partial charge < -0.3 is 14.4 Å². The van der Waals surface area contributed by atoms with Crippen molar-refractivity contribution < 1.29 is 19.1 Å². The van der Waals surface area contributed by atoms with E-state index in [1.54, 1.807) is 24.3 Å². The quantitative estimate of drug-likeness (QED) is 0.725. The molecule has 1 rings (SSSR count). The molecule has 5 nitrogen and oxygen atoms in total. The standard InChI is InChI=1S/C16H23NO4/c1-5-10-17(11-15(18)20-4)16(19)13-6-8-14(9-7-13)21-12(2)3/h6-9,12H,5,10-11H2,1-4H3. The molecule has 0 atom stereocenters. The summed E-state index contributed by atoms with van der Waals surface area (Å²) in [5.41, 5.74) is 0.531. The van der Waals surface area contributed by atoms with Crippen LogP contribution in [0.4, 0.5) is 0 Å². The highest BCUT2D eigenvalue weighted by molar-refractivity contribution is 5.96. The molecule has 0 aromatic heterocycles. The van der Waals surface area contributed by atoms with Crippen LogP contribution in [0.25, 0.3) is 0 Å². The van der Waals surface area contributed by atoms with Crippen LogP contribution < -0.4 is 4.74 Å². The lowest BCUT2D eigenvalue weighted by Gasteiger charge is -2.21. The zero-order chi connectivity index (χ0) is 15.8. The van der Waals surface area contributed by atoms with Crippen molar-refractivity contribution in [2.24, 2.45) is 0 Å². The number of rotatable bonds is 7. The van der Waals surface area contributed by atoms with Crippen LogP contribution in [0.3, 0.4) is 0 Å². The third-order valence-corrected chi connectivity index (χ3v) is 2.80. The Morgan fingerprint density at radius 1 is 1.19 bits per heavy atom. The maximum absolute atomic E-state index is 12.4. The summed E-state index contributed by atoms with van der Waals surface area (Å²) in [6.07, 6.45) is 0.861. The number of carbonyl (C=O) groups is 2. The van der Waals surface area contributed by atoms with Crippen LogP contribution in [0.1, 0.15) is 37.6 Å². The minimum absolute atomic E-state index is 0.0343. The van der Waals surface area contributed by atoms with E-state index in [1.807, 2.05) is 20.8 Å². The van der Waals surface area contributed by atoms with Crippen LogP contribution in [0.5, 0.6) is 5.75 Å². The zero-order valence-corrected chi connectivity index (χ0v) is 13.1. The maximum Gasteiger partial charge on any atom is 0.325 e. The van der Waals surface area contributed by atoms with Gasteiger partial charge >= 0.3 is 5.97 Å².